The van der Waals surface area contributed by atoms with Crippen molar-refractivity contribution in [3.63, 3.8) is 0 Å². The van der Waals surface area contributed by atoms with Gasteiger partial charge in [0.1, 0.15) is 5.01 Å². The van der Waals surface area contributed by atoms with Crippen molar-refractivity contribution in [3.8, 4) is 10.6 Å². The molecule has 1 unspecified atom stereocenters. The van der Waals surface area contributed by atoms with Gasteiger partial charge in [0.05, 0.1) is 31.4 Å². The highest BCUT2D eigenvalue weighted by Crippen LogP contribution is 2.28. The summed E-state index contributed by atoms with van der Waals surface area (Å²) in [5.41, 5.74) is 4.22. The van der Waals surface area contributed by atoms with Gasteiger partial charge in [0.25, 0.3) is 0 Å². The lowest BCUT2D eigenvalue weighted by molar-refractivity contribution is -0.120. The summed E-state index contributed by atoms with van der Waals surface area (Å²) in [6.07, 6.45) is 1.28. The first kappa shape index (κ1) is 22.9. The van der Waals surface area contributed by atoms with Gasteiger partial charge >= 0.3 is 0 Å². The predicted molar refractivity (Wildman–Crippen MR) is 130 cm³/mol. The standard InChI is InChI=1S/C25H28ClN3O2S/c1-2-18-7-9-19(10-8-18)25-28-20(17-32-25)15-24(30)27-16-23(29-11-13-31-14-12-29)21-5-3-4-6-22(21)26/h3-10,17,23H,2,11-16H2,1H3,(H,27,30). The summed E-state index contributed by atoms with van der Waals surface area (Å²) >= 11 is 8.06. The number of nitrogens with one attached hydrogen (secondary N) is 1. The summed E-state index contributed by atoms with van der Waals surface area (Å²) in [5.74, 6) is -0.0338. The van der Waals surface area contributed by atoms with Crippen molar-refractivity contribution in [3.05, 3.63) is 75.8 Å². The van der Waals surface area contributed by atoms with Gasteiger partial charge in [-0.05, 0) is 23.6 Å². The summed E-state index contributed by atoms with van der Waals surface area (Å²) in [4.78, 5) is 19.7. The smallest absolute Gasteiger partial charge is 0.226 e. The Labute approximate surface area is 198 Å². The van der Waals surface area contributed by atoms with E-state index in [0.29, 0.717) is 19.8 Å². The van der Waals surface area contributed by atoms with Gasteiger partial charge in [-0.15, -0.1) is 11.3 Å². The van der Waals surface area contributed by atoms with Crippen molar-refractivity contribution in [2.45, 2.75) is 25.8 Å². The molecule has 1 aliphatic heterocycles. The molecule has 0 saturated carbocycles. The third-order valence-corrected chi connectivity index (χ3v) is 7.03. The van der Waals surface area contributed by atoms with Crippen molar-refractivity contribution in [1.82, 2.24) is 15.2 Å². The van der Waals surface area contributed by atoms with E-state index in [2.05, 4.69) is 46.4 Å². The number of ether oxygens (including phenoxy) is 1. The number of carbonyl (C=O) groups excluding carboxylic acids is 1. The van der Waals surface area contributed by atoms with E-state index in [9.17, 15) is 4.79 Å². The summed E-state index contributed by atoms with van der Waals surface area (Å²) < 4.78 is 5.50. The number of aromatic nitrogens is 1. The van der Waals surface area contributed by atoms with E-state index >= 15 is 0 Å². The molecule has 1 atom stereocenters. The molecule has 0 spiro atoms. The molecule has 168 valence electrons. The first-order valence-electron chi connectivity index (χ1n) is 11.0. The Balaban J connectivity index is 1.39. The van der Waals surface area contributed by atoms with E-state index in [1.165, 1.54) is 5.56 Å². The molecule has 3 aromatic rings. The second-order valence-electron chi connectivity index (χ2n) is 7.86. The topological polar surface area (TPSA) is 54.5 Å². The molecule has 1 amide bonds. The first-order chi connectivity index (χ1) is 15.6. The monoisotopic (exact) mass is 469 g/mol. The number of thiazole rings is 1. The zero-order chi connectivity index (χ0) is 22.3. The average molecular weight is 470 g/mol. The molecule has 7 heteroatoms. The Bertz CT molecular complexity index is 1030. The molecule has 0 radical (unpaired) electrons. The highest BCUT2D eigenvalue weighted by atomic mass is 35.5. The van der Waals surface area contributed by atoms with Crippen LogP contribution in [0.5, 0.6) is 0 Å². The molecule has 1 aromatic heterocycles. The van der Waals surface area contributed by atoms with E-state index in [1.54, 1.807) is 11.3 Å². The number of carbonyl (C=O) groups is 1. The summed E-state index contributed by atoms with van der Waals surface area (Å²) in [6, 6.07) is 16.3. The highest BCUT2D eigenvalue weighted by Gasteiger charge is 2.25. The van der Waals surface area contributed by atoms with E-state index in [1.807, 2.05) is 29.6 Å². The Morgan fingerprint density at radius 3 is 2.66 bits per heavy atom. The molecule has 32 heavy (non-hydrogen) atoms. The second kappa shape index (κ2) is 11.1. The quantitative estimate of drug-likeness (QED) is 0.517. The summed E-state index contributed by atoms with van der Waals surface area (Å²) in [6.45, 7) is 5.66. The van der Waals surface area contributed by atoms with E-state index in [-0.39, 0.29) is 18.4 Å². The van der Waals surface area contributed by atoms with Gasteiger partial charge in [-0.25, -0.2) is 4.98 Å². The maximum Gasteiger partial charge on any atom is 0.226 e. The minimum atomic E-state index is -0.0338. The largest absolute Gasteiger partial charge is 0.379 e. The Morgan fingerprint density at radius 1 is 1.19 bits per heavy atom. The number of hydrogen-bond acceptors (Lipinski definition) is 5. The molecule has 5 nitrogen and oxygen atoms in total. The van der Waals surface area contributed by atoms with Crippen LogP contribution in [0.4, 0.5) is 0 Å². The van der Waals surface area contributed by atoms with E-state index in [0.717, 1.165) is 46.4 Å². The van der Waals surface area contributed by atoms with Gasteiger partial charge in [-0.3, -0.25) is 9.69 Å². The predicted octanol–water partition coefficient (Wildman–Crippen LogP) is 4.76. The Hall–Kier alpha value is -2.25. The summed E-state index contributed by atoms with van der Waals surface area (Å²) in [7, 11) is 0. The molecular formula is C25H28ClN3O2S. The summed E-state index contributed by atoms with van der Waals surface area (Å²) in [5, 5.41) is 6.73. The Morgan fingerprint density at radius 2 is 1.94 bits per heavy atom. The van der Waals surface area contributed by atoms with Gasteiger partial charge in [0, 0.05) is 35.6 Å². The van der Waals surface area contributed by atoms with E-state index < -0.39 is 0 Å². The minimum absolute atomic E-state index is 0.0135. The fourth-order valence-electron chi connectivity index (χ4n) is 3.91. The maximum atomic E-state index is 12.7. The number of amides is 1. The van der Waals surface area contributed by atoms with Crippen molar-refractivity contribution < 1.29 is 9.53 Å². The van der Waals surface area contributed by atoms with Crippen LogP contribution in [0.15, 0.2) is 53.9 Å². The SMILES string of the molecule is CCc1ccc(-c2nc(CC(=O)NCC(c3ccccc3Cl)N3CCOCC3)cs2)cc1. The molecule has 2 aromatic carbocycles. The molecular weight excluding hydrogens is 442 g/mol. The van der Waals surface area contributed by atoms with Gasteiger partial charge in [0.15, 0.2) is 0 Å². The van der Waals surface area contributed by atoms with Crippen LogP contribution in [0, 0.1) is 0 Å². The van der Waals surface area contributed by atoms with Gasteiger partial charge < -0.3 is 10.1 Å². The molecule has 4 rings (SSSR count). The lowest BCUT2D eigenvalue weighted by Crippen LogP contribution is -2.44. The normalized spacial score (nSPS) is 15.4. The van der Waals surface area contributed by atoms with Crippen molar-refractivity contribution in [2.24, 2.45) is 0 Å². The van der Waals surface area contributed by atoms with Crippen LogP contribution in [0.1, 0.15) is 29.8 Å². The molecule has 2 heterocycles. The number of morpholine rings is 1. The van der Waals surface area contributed by atoms with Crippen molar-refractivity contribution in [1.29, 1.82) is 0 Å². The average Bonchev–Trinajstić information content (AvgIpc) is 3.29. The van der Waals surface area contributed by atoms with E-state index in [4.69, 9.17) is 16.3 Å². The third-order valence-electron chi connectivity index (χ3n) is 5.75. The number of aryl methyl sites for hydroxylation is 1. The van der Waals surface area contributed by atoms with Crippen LogP contribution < -0.4 is 5.32 Å². The fraction of sp³-hybridized carbons (Fsp3) is 0.360. The van der Waals surface area contributed by atoms with Crippen LogP contribution >= 0.6 is 22.9 Å². The number of benzene rings is 2. The van der Waals surface area contributed by atoms with Gasteiger partial charge in [0.2, 0.25) is 5.91 Å². The minimum Gasteiger partial charge on any atom is -0.379 e. The number of hydrogen-bond donors (Lipinski definition) is 1. The Kier molecular flexibility index (Phi) is 7.92. The van der Waals surface area contributed by atoms with Gasteiger partial charge in [-0.1, -0.05) is 61.0 Å². The molecule has 1 aliphatic rings. The lowest BCUT2D eigenvalue weighted by Gasteiger charge is -2.35. The third kappa shape index (κ3) is 5.75. The lowest BCUT2D eigenvalue weighted by atomic mass is 10.0. The second-order valence-corrected chi connectivity index (χ2v) is 9.13. The zero-order valence-electron chi connectivity index (χ0n) is 18.2. The van der Waals surface area contributed by atoms with Crippen molar-refractivity contribution >= 4 is 28.8 Å². The number of rotatable bonds is 8. The van der Waals surface area contributed by atoms with Crippen LogP contribution in [-0.2, 0) is 22.4 Å². The van der Waals surface area contributed by atoms with Crippen LogP contribution in [0.3, 0.4) is 0 Å². The molecule has 0 aliphatic carbocycles. The highest BCUT2D eigenvalue weighted by molar-refractivity contribution is 7.13. The molecule has 1 fully saturated rings. The number of halogens is 1. The molecule has 1 saturated heterocycles. The molecule has 1 N–H and O–H groups in total. The van der Waals surface area contributed by atoms with Crippen LogP contribution in [0.25, 0.3) is 10.6 Å². The van der Waals surface area contributed by atoms with Crippen LogP contribution in [0.2, 0.25) is 5.02 Å². The first-order valence-corrected chi connectivity index (χ1v) is 12.3. The maximum absolute atomic E-state index is 12.7. The van der Waals surface area contributed by atoms with Crippen LogP contribution in [-0.4, -0.2) is 48.6 Å². The van der Waals surface area contributed by atoms with Gasteiger partial charge in [-0.2, -0.15) is 0 Å². The molecule has 0 bridgehead atoms. The fourth-order valence-corrected chi connectivity index (χ4v) is 5.00. The van der Waals surface area contributed by atoms with Crippen molar-refractivity contribution in [2.75, 3.05) is 32.8 Å². The zero-order valence-corrected chi connectivity index (χ0v) is 19.8. The number of nitrogens with zero attached hydrogens (tertiary/aromatic N) is 2.